The van der Waals surface area contributed by atoms with Crippen LogP contribution >= 0.6 is 0 Å². The lowest BCUT2D eigenvalue weighted by Crippen LogP contribution is -2.44. The predicted octanol–water partition coefficient (Wildman–Crippen LogP) is 4.84. The molecule has 1 atom stereocenters. The maximum absolute atomic E-state index is 12.3. The maximum Gasteiger partial charge on any atom is 0.403 e. The fraction of sp³-hybridized carbons (Fsp3) is 1.00. The minimum absolute atomic E-state index is 0.174. The zero-order chi connectivity index (χ0) is 15.1. The molecule has 0 saturated carbocycles. The number of aliphatic hydroxyl groups is 1. The van der Waals surface area contributed by atoms with Crippen LogP contribution in [0.15, 0.2) is 0 Å². The van der Waals surface area contributed by atoms with Crippen molar-refractivity contribution in [2.75, 3.05) is 0 Å². The van der Waals surface area contributed by atoms with Crippen molar-refractivity contribution < 1.29 is 31.4 Å². The van der Waals surface area contributed by atoms with E-state index in [4.69, 9.17) is 5.11 Å². The molecule has 7 heteroatoms. The van der Waals surface area contributed by atoms with Crippen molar-refractivity contribution in [2.45, 2.75) is 70.3 Å². The number of hydrogen-bond acceptors (Lipinski definition) is 1. The quantitative estimate of drug-likeness (QED) is 0.502. The summed E-state index contributed by atoms with van der Waals surface area (Å²) in [4.78, 5) is 0. The van der Waals surface area contributed by atoms with Crippen LogP contribution in [0.3, 0.4) is 0 Å². The number of hydrogen-bond donors (Lipinski definition) is 1. The molecule has 1 nitrogen and oxygen atoms in total. The highest BCUT2D eigenvalue weighted by Crippen LogP contribution is 2.42. The molecule has 0 aromatic carbocycles. The third kappa shape index (κ3) is 7.64. The Kier molecular flexibility index (Phi) is 7.78. The number of alkyl halides is 6. The van der Waals surface area contributed by atoms with Gasteiger partial charge >= 0.3 is 12.4 Å². The van der Waals surface area contributed by atoms with E-state index < -0.39 is 30.8 Å². The average Bonchev–Trinajstić information content (AvgIpc) is 2.18. The number of unbranched alkanes of at least 4 members (excludes halogenated alkanes) is 5. The molecule has 0 radical (unpaired) electrons. The highest BCUT2D eigenvalue weighted by molar-refractivity contribution is 4.82. The molecule has 116 valence electrons. The second-order valence-corrected chi connectivity index (χ2v) is 4.68. The molecule has 0 aliphatic rings. The zero-order valence-corrected chi connectivity index (χ0v) is 10.8. The third-order valence-corrected chi connectivity index (χ3v) is 2.94. The third-order valence-electron chi connectivity index (χ3n) is 2.94. The van der Waals surface area contributed by atoms with Crippen LogP contribution in [0.4, 0.5) is 26.3 Å². The lowest BCUT2D eigenvalue weighted by Gasteiger charge is -2.27. The van der Waals surface area contributed by atoms with E-state index in [2.05, 4.69) is 0 Å². The Balaban J connectivity index is 4.17. The normalized spacial score (nSPS) is 15.0. The van der Waals surface area contributed by atoms with E-state index in [1.54, 1.807) is 0 Å². The highest BCUT2D eigenvalue weighted by Gasteiger charge is 2.59. The Bertz CT molecular complexity index is 221. The van der Waals surface area contributed by atoms with Gasteiger partial charge in [-0.15, -0.1) is 0 Å². The largest absolute Gasteiger partial charge is 0.403 e. The summed E-state index contributed by atoms with van der Waals surface area (Å²) in [5.41, 5.74) is 0. The highest BCUT2D eigenvalue weighted by atomic mass is 19.4. The molecular formula is C12H20F6O. The topological polar surface area (TPSA) is 20.2 Å². The van der Waals surface area contributed by atoms with Crippen LogP contribution in [-0.4, -0.2) is 23.6 Å². The first-order valence-corrected chi connectivity index (χ1v) is 6.42. The smallest absolute Gasteiger partial charge is 0.392 e. The molecule has 0 aliphatic carbocycles. The zero-order valence-electron chi connectivity index (χ0n) is 10.8. The van der Waals surface area contributed by atoms with E-state index in [0.717, 1.165) is 25.7 Å². The predicted molar refractivity (Wildman–Crippen MR) is 59.6 cm³/mol. The van der Waals surface area contributed by atoms with Gasteiger partial charge in [-0.05, 0) is 6.42 Å². The van der Waals surface area contributed by atoms with Crippen LogP contribution < -0.4 is 0 Å². The first-order chi connectivity index (χ1) is 8.60. The van der Waals surface area contributed by atoms with Crippen molar-refractivity contribution in [3.8, 4) is 0 Å². The van der Waals surface area contributed by atoms with E-state index in [-0.39, 0.29) is 6.42 Å². The summed E-state index contributed by atoms with van der Waals surface area (Å²) >= 11 is 0. The summed E-state index contributed by atoms with van der Waals surface area (Å²) in [6, 6.07) is 0. The Morgan fingerprint density at radius 1 is 0.789 bits per heavy atom. The summed E-state index contributed by atoms with van der Waals surface area (Å²) in [5.74, 6) is -3.64. The van der Waals surface area contributed by atoms with Crippen LogP contribution in [-0.2, 0) is 0 Å². The summed E-state index contributed by atoms with van der Waals surface area (Å²) in [6.07, 6.45) is -9.41. The van der Waals surface area contributed by atoms with E-state index in [9.17, 15) is 26.3 Å². The first-order valence-electron chi connectivity index (χ1n) is 6.42. The second-order valence-electron chi connectivity index (χ2n) is 4.68. The first kappa shape index (κ1) is 18.5. The molecule has 0 saturated heterocycles. The van der Waals surface area contributed by atoms with Gasteiger partial charge in [-0.25, -0.2) is 0 Å². The Labute approximate surface area is 109 Å². The lowest BCUT2D eigenvalue weighted by molar-refractivity contribution is -0.306. The number of aliphatic hydroxyl groups excluding tert-OH is 1. The van der Waals surface area contributed by atoms with Crippen molar-refractivity contribution in [2.24, 2.45) is 5.92 Å². The van der Waals surface area contributed by atoms with Gasteiger partial charge in [0, 0.05) is 0 Å². The minimum Gasteiger partial charge on any atom is -0.392 e. The lowest BCUT2D eigenvalue weighted by atomic mass is 9.95. The van der Waals surface area contributed by atoms with Crippen LogP contribution in [0.1, 0.15) is 51.9 Å². The molecule has 1 unspecified atom stereocenters. The standard InChI is InChI=1S/C12H20F6O/c1-2-3-4-5-6-7-8-9(19)10(11(13,14)15)12(16,17)18/h9-10,19H,2-8H2,1H3. The van der Waals surface area contributed by atoms with Crippen molar-refractivity contribution in [1.82, 2.24) is 0 Å². The molecular weight excluding hydrogens is 274 g/mol. The fourth-order valence-corrected chi connectivity index (χ4v) is 1.92. The van der Waals surface area contributed by atoms with Crippen molar-refractivity contribution >= 4 is 0 Å². The summed E-state index contributed by atoms with van der Waals surface area (Å²) in [7, 11) is 0. The summed E-state index contributed by atoms with van der Waals surface area (Å²) in [5, 5.41) is 9.14. The van der Waals surface area contributed by atoms with Gasteiger partial charge < -0.3 is 5.11 Å². The van der Waals surface area contributed by atoms with E-state index >= 15 is 0 Å². The van der Waals surface area contributed by atoms with Gasteiger partial charge in [-0.1, -0.05) is 45.4 Å². The van der Waals surface area contributed by atoms with Crippen molar-refractivity contribution in [3.63, 3.8) is 0 Å². The summed E-state index contributed by atoms with van der Waals surface area (Å²) in [6.45, 7) is 2.00. The summed E-state index contributed by atoms with van der Waals surface area (Å²) < 4.78 is 73.6. The molecule has 0 bridgehead atoms. The molecule has 0 amide bonds. The van der Waals surface area contributed by atoms with E-state index in [1.165, 1.54) is 0 Å². The average molecular weight is 294 g/mol. The second kappa shape index (κ2) is 7.97. The van der Waals surface area contributed by atoms with Gasteiger partial charge in [-0.2, -0.15) is 26.3 Å². The van der Waals surface area contributed by atoms with Gasteiger partial charge in [-0.3, -0.25) is 0 Å². The van der Waals surface area contributed by atoms with E-state index in [1.807, 2.05) is 6.92 Å². The molecule has 1 N–H and O–H groups in total. The van der Waals surface area contributed by atoms with Crippen molar-refractivity contribution in [3.05, 3.63) is 0 Å². The van der Waals surface area contributed by atoms with E-state index in [0.29, 0.717) is 6.42 Å². The maximum atomic E-state index is 12.3. The molecule has 0 aromatic rings. The van der Waals surface area contributed by atoms with Gasteiger partial charge in [0.25, 0.3) is 0 Å². The van der Waals surface area contributed by atoms with Crippen LogP contribution in [0.2, 0.25) is 0 Å². The molecule has 0 aliphatic heterocycles. The van der Waals surface area contributed by atoms with Crippen LogP contribution in [0.5, 0.6) is 0 Å². The molecule has 0 fully saturated rings. The molecule has 0 aromatic heterocycles. The van der Waals surface area contributed by atoms with Gasteiger partial charge in [0.15, 0.2) is 5.92 Å². The molecule has 0 heterocycles. The van der Waals surface area contributed by atoms with Gasteiger partial charge in [0.05, 0.1) is 6.10 Å². The monoisotopic (exact) mass is 294 g/mol. The van der Waals surface area contributed by atoms with Crippen LogP contribution in [0, 0.1) is 5.92 Å². The Morgan fingerprint density at radius 3 is 1.63 bits per heavy atom. The van der Waals surface area contributed by atoms with Gasteiger partial charge in [0.2, 0.25) is 0 Å². The molecule has 19 heavy (non-hydrogen) atoms. The number of rotatable bonds is 8. The molecule has 0 rings (SSSR count). The van der Waals surface area contributed by atoms with Crippen molar-refractivity contribution in [1.29, 1.82) is 0 Å². The number of halogens is 6. The fourth-order valence-electron chi connectivity index (χ4n) is 1.92. The molecule has 0 spiro atoms. The Hall–Kier alpha value is -0.460. The van der Waals surface area contributed by atoms with Gasteiger partial charge in [0.1, 0.15) is 0 Å². The SMILES string of the molecule is CCCCCCCCC(O)C(C(F)(F)F)C(F)(F)F. The minimum atomic E-state index is -5.46. The Morgan fingerprint density at radius 2 is 1.21 bits per heavy atom. The van der Waals surface area contributed by atoms with Crippen LogP contribution in [0.25, 0.3) is 0 Å².